The molecule has 0 aromatic heterocycles. The number of thioether (sulfide) groups is 1. The molecular formula is C19H24N2O3S2. The summed E-state index contributed by atoms with van der Waals surface area (Å²) in [5, 5.41) is 2.81. The van der Waals surface area contributed by atoms with Gasteiger partial charge in [-0.15, -0.1) is 11.8 Å². The minimum Gasteiger partial charge on any atom is -0.325 e. The normalized spacial score (nSPS) is 11.5. The second kappa shape index (κ2) is 8.14. The van der Waals surface area contributed by atoms with E-state index in [1.807, 2.05) is 32.2 Å². The molecule has 2 rings (SSSR count). The minimum atomic E-state index is -3.77. The molecule has 2 N–H and O–H groups in total. The quantitative estimate of drug-likeness (QED) is 0.714. The first-order chi connectivity index (χ1) is 12.1. The summed E-state index contributed by atoms with van der Waals surface area (Å²) in [4.78, 5) is 12.9. The van der Waals surface area contributed by atoms with Crippen LogP contribution in [0.25, 0.3) is 0 Å². The van der Waals surface area contributed by atoms with E-state index in [-0.39, 0.29) is 16.7 Å². The molecule has 7 heteroatoms. The Hall–Kier alpha value is -1.99. The average molecular weight is 393 g/mol. The Labute approximate surface area is 159 Å². The highest BCUT2D eigenvalue weighted by molar-refractivity contribution is 7.98. The Morgan fingerprint density at radius 3 is 2.35 bits per heavy atom. The fraction of sp³-hybridized carbons (Fsp3) is 0.316. The summed E-state index contributed by atoms with van der Waals surface area (Å²) in [6.07, 6.45) is 1.88. The highest BCUT2D eigenvalue weighted by Crippen LogP contribution is 2.30. The molecule has 0 aliphatic rings. The molecule has 2 aromatic carbocycles. The van der Waals surface area contributed by atoms with Gasteiger partial charge in [-0.2, -0.15) is 0 Å². The first-order valence-electron chi connectivity index (χ1n) is 8.23. The van der Waals surface area contributed by atoms with Gasteiger partial charge in [0.1, 0.15) is 0 Å². The van der Waals surface area contributed by atoms with Crippen LogP contribution in [0.3, 0.4) is 0 Å². The third-order valence-corrected chi connectivity index (χ3v) is 6.06. The van der Waals surface area contributed by atoms with Crippen LogP contribution in [0.15, 0.2) is 46.2 Å². The number of hydrogen-bond donors (Lipinski definition) is 2. The molecule has 1 amide bonds. The van der Waals surface area contributed by atoms with Gasteiger partial charge in [0, 0.05) is 10.8 Å². The molecule has 0 aliphatic carbocycles. The summed E-state index contributed by atoms with van der Waals surface area (Å²) in [7, 11) is -3.77. The van der Waals surface area contributed by atoms with Crippen LogP contribution < -0.4 is 10.0 Å². The van der Waals surface area contributed by atoms with Gasteiger partial charge in [0.05, 0.1) is 16.3 Å². The molecule has 0 heterocycles. The molecule has 0 saturated carbocycles. The zero-order valence-electron chi connectivity index (χ0n) is 15.6. The Kier molecular flexibility index (Phi) is 6.36. The summed E-state index contributed by atoms with van der Waals surface area (Å²) in [5.74, 6) is -0.352. The SMILES string of the molecule is CSc1ccc(S(=O)(=O)Nc2cc(C)ccc2C)cc1NC(=O)C(C)C. The van der Waals surface area contributed by atoms with Gasteiger partial charge in [0.15, 0.2) is 0 Å². The molecule has 0 radical (unpaired) electrons. The summed E-state index contributed by atoms with van der Waals surface area (Å²) in [5.41, 5.74) is 2.86. The molecule has 0 saturated heterocycles. The Morgan fingerprint density at radius 1 is 1.04 bits per heavy atom. The van der Waals surface area contributed by atoms with Crippen LogP contribution in [0.4, 0.5) is 11.4 Å². The van der Waals surface area contributed by atoms with Crippen LogP contribution in [0.2, 0.25) is 0 Å². The highest BCUT2D eigenvalue weighted by atomic mass is 32.2. The van der Waals surface area contributed by atoms with Crippen molar-refractivity contribution in [3.05, 3.63) is 47.5 Å². The lowest BCUT2D eigenvalue weighted by atomic mass is 10.1. The number of hydrogen-bond acceptors (Lipinski definition) is 4. The van der Waals surface area contributed by atoms with Crippen molar-refractivity contribution in [2.45, 2.75) is 37.5 Å². The van der Waals surface area contributed by atoms with Gasteiger partial charge in [0.25, 0.3) is 10.0 Å². The minimum absolute atomic E-state index is 0.107. The Bertz CT molecular complexity index is 922. The summed E-state index contributed by atoms with van der Waals surface area (Å²) >= 11 is 1.45. The van der Waals surface area contributed by atoms with Gasteiger partial charge < -0.3 is 5.32 Å². The van der Waals surface area contributed by atoms with Crippen molar-refractivity contribution >= 4 is 39.1 Å². The van der Waals surface area contributed by atoms with Crippen molar-refractivity contribution in [3.8, 4) is 0 Å². The molecule has 0 atom stereocenters. The van der Waals surface area contributed by atoms with Crippen LogP contribution >= 0.6 is 11.8 Å². The van der Waals surface area contributed by atoms with Crippen molar-refractivity contribution in [1.82, 2.24) is 0 Å². The van der Waals surface area contributed by atoms with E-state index in [4.69, 9.17) is 0 Å². The molecule has 26 heavy (non-hydrogen) atoms. The third-order valence-electron chi connectivity index (χ3n) is 3.90. The molecule has 0 spiro atoms. The molecule has 0 fully saturated rings. The van der Waals surface area contributed by atoms with E-state index in [9.17, 15) is 13.2 Å². The number of sulfonamides is 1. The average Bonchev–Trinajstić information content (AvgIpc) is 2.57. The fourth-order valence-corrected chi connectivity index (χ4v) is 3.96. The number of aryl methyl sites for hydroxylation is 2. The molecule has 0 unspecified atom stereocenters. The van der Waals surface area contributed by atoms with Crippen LogP contribution in [0, 0.1) is 19.8 Å². The topological polar surface area (TPSA) is 75.3 Å². The van der Waals surface area contributed by atoms with E-state index in [0.29, 0.717) is 11.4 Å². The smallest absolute Gasteiger partial charge is 0.261 e. The van der Waals surface area contributed by atoms with Crippen LogP contribution in [-0.4, -0.2) is 20.6 Å². The first-order valence-corrected chi connectivity index (χ1v) is 10.9. The number of carbonyl (C=O) groups excluding carboxylic acids is 1. The molecule has 2 aromatic rings. The van der Waals surface area contributed by atoms with Gasteiger partial charge in [0.2, 0.25) is 5.91 Å². The van der Waals surface area contributed by atoms with Crippen LogP contribution in [0.1, 0.15) is 25.0 Å². The predicted octanol–water partition coefficient (Wildman–Crippen LogP) is 4.42. The van der Waals surface area contributed by atoms with E-state index in [1.165, 1.54) is 17.8 Å². The number of benzene rings is 2. The summed E-state index contributed by atoms with van der Waals surface area (Å²) < 4.78 is 28.2. The van der Waals surface area contributed by atoms with Gasteiger partial charge >= 0.3 is 0 Å². The molecule has 140 valence electrons. The second-order valence-electron chi connectivity index (χ2n) is 6.43. The van der Waals surface area contributed by atoms with E-state index < -0.39 is 10.0 Å². The van der Waals surface area contributed by atoms with Crippen molar-refractivity contribution in [1.29, 1.82) is 0 Å². The van der Waals surface area contributed by atoms with Crippen molar-refractivity contribution in [2.24, 2.45) is 5.92 Å². The largest absolute Gasteiger partial charge is 0.325 e. The number of anilines is 2. The second-order valence-corrected chi connectivity index (χ2v) is 8.96. The summed E-state index contributed by atoms with van der Waals surface area (Å²) in [6.45, 7) is 7.33. The lowest BCUT2D eigenvalue weighted by Gasteiger charge is -2.15. The maximum absolute atomic E-state index is 12.8. The lowest BCUT2D eigenvalue weighted by molar-refractivity contribution is -0.118. The number of nitrogens with one attached hydrogen (secondary N) is 2. The van der Waals surface area contributed by atoms with E-state index in [1.54, 1.807) is 32.0 Å². The number of rotatable bonds is 6. The molecule has 0 aliphatic heterocycles. The van der Waals surface area contributed by atoms with E-state index in [0.717, 1.165) is 16.0 Å². The lowest BCUT2D eigenvalue weighted by Crippen LogP contribution is -2.19. The first kappa shape index (κ1) is 20.3. The maximum atomic E-state index is 12.8. The fourth-order valence-electron chi connectivity index (χ4n) is 2.28. The van der Waals surface area contributed by atoms with E-state index >= 15 is 0 Å². The van der Waals surface area contributed by atoms with Gasteiger partial charge in [-0.1, -0.05) is 26.0 Å². The maximum Gasteiger partial charge on any atom is 0.261 e. The Balaban J connectivity index is 2.40. The molecule has 5 nitrogen and oxygen atoms in total. The Morgan fingerprint density at radius 2 is 1.73 bits per heavy atom. The van der Waals surface area contributed by atoms with Gasteiger partial charge in [-0.05, 0) is 55.5 Å². The predicted molar refractivity (Wildman–Crippen MR) is 108 cm³/mol. The zero-order chi connectivity index (χ0) is 19.5. The third kappa shape index (κ3) is 4.80. The zero-order valence-corrected chi connectivity index (χ0v) is 17.2. The highest BCUT2D eigenvalue weighted by Gasteiger charge is 2.19. The number of carbonyl (C=O) groups is 1. The van der Waals surface area contributed by atoms with Crippen molar-refractivity contribution < 1.29 is 13.2 Å². The molecular weight excluding hydrogens is 368 g/mol. The standard InChI is InChI=1S/C19H24N2O3S2/c1-12(2)19(22)20-17-11-15(8-9-18(17)25-5)26(23,24)21-16-10-13(3)6-7-14(16)4/h6-12,21H,1-5H3,(H,20,22). The van der Waals surface area contributed by atoms with Crippen LogP contribution in [0.5, 0.6) is 0 Å². The van der Waals surface area contributed by atoms with Gasteiger partial charge in [-0.3, -0.25) is 9.52 Å². The van der Waals surface area contributed by atoms with Crippen LogP contribution in [-0.2, 0) is 14.8 Å². The van der Waals surface area contributed by atoms with E-state index in [2.05, 4.69) is 10.0 Å². The number of amides is 1. The van der Waals surface area contributed by atoms with Crippen molar-refractivity contribution in [2.75, 3.05) is 16.3 Å². The van der Waals surface area contributed by atoms with Crippen molar-refractivity contribution in [3.63, 3.8) is 0 Å². The summed E-state index contributed by atoms with van der Waals surface area (Å²) in [6, 6.07) is 10.4. The van der Waals surface area contributed by atoms with Gasteiger partial charge in [-0.25, -0.2) is 8.42 Å². The molecule has 0 bridgehead atoms. The monoisotopic (exact) mass is 392 g/mol.